The van der Waals surface area contributed by atoms with Gasteiger partial charge in [-0.15, -0.1) is 0 Å². The number of aryl methyl sites for hydroxylation is 1. The predicted octanol–water partition coefficient (Wildman–Crippen LogP) is 2.23. The molecule has 0 unspecified atom stereocenters. The number of hydrogen-bond donors (Lipinski definition) is 1. The van der Waals surface area contributed by atoms with Crippen molar-refractivity contribution in [2.75, 3.05) is 33.9 Å². The zero-order chi connectivity index (χ0) is 21.1. The van der Waals surface area contributed by atoms with E-state index in [0.29, 0.717) is 24.8 Å². The van der Waals surface area contributed by atoms with E-state index in [1.165, 1.54) is 0 Å². The smallest absolute Gasteiger partial charge is 0.325 e. The number of carbonyl (C=O) groups excluding carboxylic acids is 1. The topological polar surface area (TPSA) is 77.9 Å². The number of thiocarbonyl (C=S) groups is 1. The van der Waals surface area contributed by atoms with Crippen molar-refractivity contribution in [3.8, 4) is 11.5 Å². The molecule has 0 spiro atoms. The number of aromatic nitrogens is 2. The second-order valence-corrected chi connectivity index (χ2v) is 6.60. The molecule has 2 aromatic rings. The zero-order valence-electron chi connectivity index (χ0n) is 17.1. The second kappa shape index (κ2) is 11.9. The fourth-order valence-electron chi connectivity index (χ4n) is 2.78. The third-order valence-electron chi connectivity index (χ3n) is 4.24. The summed E-state index contributed by atoms with van der Waals surface area (Å²) < 4.78 is 17.7. The first-order chi connectivity index (χ1) is 14.1. The second-order valence-electron chi connectivity index (χ2n) is 6.22. The van der Waals surface area contributed by atoms with Gasteiger partial charge in [-0.2, -0.15) is 0 Å². The van der Waals surface area contributed by atoms with E-state index in [1.54, 1.807) is 33.7 Å². The molecule has 2 rings (SSSR count). The van der Waals surface area contributed by atoms with E-state index in [1.807, 2.05) is 33.9 Å². The maximum absolute atomic E-state index is 11.7. The minimum absolute atomic E-state index is 0.0322. The average Bonchev–Trinajstić information content (AvgIpc) is 3.25. The Bertz CT molecular complexity index is 783. The van der Waals surface area contributed by atoms with Gasteiger partial charge in [0.1, 0.15) is 18.0 Å². The van der Waals surface area contributed by atoms with Crippen molar-refractivity contribution in [1.82, 2.24) is 19.8 Å². The third-order valence-corrected chi connectivity index (χ3v) is 4.64. The maximum Gasteiger partial charge on any atom is 0.325 e. The molecule has 29 heavy (non-hydrogen) atoms. The summed E-state index contributed by atoms with van der Waals surface area (Å²) in [5.41, 5.74) is 0.969. The van der Waals surface area contributed by atoms with E-state index in [-0.39, 0.29) is 12.5 Å². The molecule has 0 aliphatic rings. The van der Waals surface area contributed by atoms with E-state index in [2.05, 4.69) is 10.3 Å². The van der Waals surface area contributed by atoms with Crippen LogP contribution in [0.3, 0.4) is 0 Å². The van der Waals surface area contributed by atoms with Gasteiger partial charge in [-0.1, -0.05) is 0 Å². The first kappa shape index (κ1) is 22.5. The van der Waals surface area contributed by atoms with Crippen LogP contribution in [0.15, 0.2) is 36.9 Å². The SMILES string of the molecule is CCOC(=O)CNC(=S)N(CCCn1ccnc1)Cc1ccc(OC)cc1OC. The van der Waals surface area contributed by atoms with Gasteiger partial charge in [0.15, 0.2) is 5.11 Å². The van der Waals surface area contributed by atoms with Crippen molar-refractivity contribution in [2.24, 2.45) is 0 Å². The van der Waals surface area contributed by atoms with E-state index >= 15 is 0 Å². The number of nitrogens with one attached hydrogen (secondary N) is 1. The molecule has 1 aromatic heterocycles. The van der Waals surface area contributed by atoms with Gasteiger partial charge < -0.3 is 29.0 Å². The standard InChI is InChI=1S/C20H28N4O4S/c1-4-28-19(25)13-22-20(29)24(10-5-9-23-11-8-21-15-23)14-16-6-7-17(26-2)12-18(16)27-3/h6-8,11-12,15H,4-5,9-10,13-14H2,1-3H3,(H,22,29). The van der Waals surface area contributed by atoms with E-state index in [9.17, 15) is 4.79 Å². The molecule has 1 aromatic carbocycles. The minimum Gasteiger partial charge on any atom is -0.497 e. The normalized spacial score (nSPS) is 10.3. The number of carbonyl (C=O) groups is 1. The maximum atomic E-state index is 11.7. The molecule has 0 bridgehead atoms. The number of imidazole rings is 1. The Kier molecular flexibility index (Phi) is 9.23. The highest BCUT2D eigenvalue weighted by atomic mass is 32.1. The van der Waals surface area contributed by atoms with Crippen LogP contribution < -0.4 is 14.8 Å². The lowest BCUT2D eigenvalue weighted by Gasteiger charge is -2.27. The molecule has 1 heterocycles. The molecule has 0 aliphatic heterocycles. The van der Waals surface area contributed by atoms with Gasteiger partial charge in [0.2, 0.25) is 0 Å². The largest absolute Gasteiger partial charge is 0.497 e. The van der Waals surface area contributed by atoms with Gasteiger partial charge in [-0.3, -0.25) is 4.79 Å². The molecular weight excluding hydrogens is 392 g/mol. The number of methoxy groups -OCH3 is 2. The molecule has 0 radical (unpaired) electrons. The first-order valence-electron chi connectivity index (χ1n) is 9.42. The van der Waals surface area contributed by atoms with Gasteiger partial charge in [0, 0.05) is 43.7 Å². The van der Waals surface area contributed by atoms with Crippen LogP contribution >= 0.6 is 12.2 Å². The summed E-state index contributed by atoms with van der Waals surface area (Å²) >= 11 is 5.54. The Balaban J connectivity index is 2.06. The summed E-state index contributed by atoms with van der Waals surface area (Å²) in [6.07, 6.45) is 6.32. The van der Waals surface area contributed by atoms with Crippen LogP contribution in [0.4, 0.5) is 0 Å². The van der Waals surface area contributed by atoms with Crippen molar-refractivity contribution in [3.05, 3.63) is 42.5 Å². The molecule has 0 aliphatic carbocycles. The van der Waals surface area contributed by atoms with Crippen molar-refractivity contribution >= 4 is 23.3 Å². The molecule has 158 valence electrons. The van der Waals surface area contributed by atoms with Gasteiger partial charge in [0.25, 0.3) is 0 Å². The number of esters is 1. The van der Waals surface area contributed by atoms with E-state index < -0.39 is 0 Å². The van der Waals surface area contributed by atoms with Crippen molar-refractivity contribution in [1.29, 1.82) is 0 Å². The van der Waals surface area contributed by atoms with Gasteiger partial charge in [0.05, 0.1) is 27.2 Å². The number of rotatable bonds is 11. The first-order valence-corrected chi connectivity index (χ1v) is 9.83. The van der Waals surface area contributed by atoms with Crippen LogP contribution in [0.2, 0.25) is 0 Å². The van der Waals surface area contributed by atoms with Crippen LogP contribution in [0.1, 0.15) is 18.9 Å². The number of hydrogen-bond acceptors (Lipinski definition) is 6. The van der Waals surface area contributed by atoms with Gasteiger partial charge >= 0.3 is 5.97 Å². The van der Waals surface area contributed by atoms with Crippen molar-refractivity contribution in [3.63, 3.8) is 0 Å². The number of nitrogens with zero attached hydrogens (tertiary/aromatic N) is 3. The highest BCUT2D eigenvalue weighted by Crippen LogP contribution is 2.26. The number of benzene rings is 1. The molecule has 0 saturated carbocycles. The van der Waals surface area contributed by atoms with E-state index in [0.717, 1.165) is 30.0 Å². The average molecular weight is 421 g/mol. The molecule has 8 nitrogen and oxygen atoms in total. The van der Waals surface area contributed by atoms with Gasteiger partial charge in [-0.05, 0) is 37.7 Å². The molecule has 1 N–H and O–H groups in total. The van der Waals surface area contributed by atoms with E-state index in [4.69, 9.17) is 26.4 Å². The summed E-state index contributed by atoms with van der Waals surface area (Å²) in [5.74, 6) is 1.10. The lowest BCUT2D eigenvalue weighted by atomic mass is 10.1. The highest BCUT2D eigenvalue weighted by molar-refractivity contribution is 7.80. The van der Waals surface area contributed by atoms with Crippen molar-refractivity contribution in [2.45, 2.75) is 26.4 Å². The predicted molar refractivity (Wildman–Crippen MR) is 114 cm³/mol. The lowest BCUT2D eigenvalue weighted by molar-refractivity contribution is -0.141. The number of ether oxygens (including phenoxy) is 3. The summed E-state index contributed by atoms with van der Waals surface area (Å²) in [6, 6.07) is 5.68. The molecule has 9 heteroatoms. The van der Waals surface area contributed by atoms with Crippen LogP contribution in [-0.4, -0.2) is 59.4 Å². The molecule has 0 fully saturated rings. The van der Waals surface area contributed by atoms with Crippen molar-refractivity contribution < 1.29 is 19.0 Å². The van der Waals surface area contributed by atoms with Crippen LogP contribution in [0.5, 0.6) is 11.5 Å². The Morgan fingerprint density at radius 1 is 1.31 bits per heavy atom. The fraction of sp³-hybridized carbons (Fsp3) is 0.450. The minimum atomic E-state index is -0.338. The highest BCUT2D eigenvalue weighted by Gasteiger charge is 2.15. The summed E-state index contributed by atoms with van der Waals surface area (Å²) in [4.78, 5) is 17.7. The lowest BCUT2D eigenvalue weighted by Crippen LogP contribution is -2.42. The van der Waals surface area contributed by atoms with Crippen LogP contribution in [0.25, 0.3) is 0 Å². The van der Waals surface area contributed by atoms with Crippen LogP contribution in [0, 0.1) is 0 Å². The molecule has 0 saturated heterocycles. The zero-order valence-corrected chi connectivity index (χ0v) is 17.9. The summed E-state index contributed by atoms with van der Waals surface area (Å²) in [6.45, 7) is 4.19. The summed E-state index contributed by atoms with van der Waals surface area (Å²) in [5, 5.41) is 3.48. The fourth-order valence-corrected chi connectivity index (χ4v) is 3.00. The Morgan fingerprint density at radius 3 is 2.79 bits per heavy atom. The molecule has 0 amide bonds. The summed E-state index contributed by atoms with van der Waals surface area (Å²) in [7, 11) is 3.24. The molecular formula is C20H28N4O4S. The van der Waals surface area contributed by atoms with Crippen LogP contribution in [-0.2, 0) is 22.6 Å². The Labute approximate surface area is 176 Å². The quantitative estimate of drug-likeness (QED) is 0.438. The molecule has 0 atom stereocenters. The monoisotopic (exact) mass is 420 g/mol. The third kappa shape index (κ3) is 7.26. The van der Waals surface area contributed by atoms with Gasteiger partial charge in [-0.25, -0.2) is 4.98 Å². The Morgan fingerprint density at radius 2 is 2.14 bits per heavy atom. The Hall–Kier alpha value is -2.81.